The van der Waals surface area contributed by atoms with Crippen LogP contribution in [0, 0.1) is 0 Å². The molecule has 3 heteroatoms. The average molecular weight is 333 g/mol. The number of unbranched alkanes of at least 4 members (excludes halogenated alkanes) is 1. The first-order chi connectivity index (χ1) is 9.70. The molecule has 0 heterocycles. The van der Waals surface area contributed by atoms with E-state index in [1.54, 1.807) is 0 Å². The van der Waals surface area contributed by atoms with Crippen molar-refractivity contribution in [1.29, 1.82) is 0 Å². The molecule has 0 saturated carbocycles. The normalized spacial score (nSPS) is 10.3. The maximum Gasteiger partial charge on any atom is 0.311 e. The van der Waals surface area contributed by atoms with Gasteiger partial charge in [-0.25, -0.2) is 0 Å². The van der Waals surface area contributed by atoms with E-state index in [-0.39, 0.29) is 5.97 Å². The summed E-state index contributed by atoms with van der Waals surface area (Å²) in [6.07, 6.45) is 2.31. The standard InChI is InChI=1S/C17H17BrO2/c1-2-3-9-17(19)20-16-11-10-14(12-15(16)18)13-7-5-4-6-8-13/h4-8,10-12H,2-3,9H2,1H3. The van der Waals surface area contributed by atoms with Crippen LogP contribution in [0.3, 0.4) is 0 Å². The molecule has 0 saturated heterocycles. The lowest BCUT2D eigenvalue weighted by Gasteiger charge is -2.08. The molecule has 2 nitrogen and oxygen atoms in total. The first kappa shape index (κ1) is 14.8. The highest BCUT2D eigenvalue weighted by Gasteiger charge is 2.09. The van der Waals surface area contributed by atoms with E-state index in [1.807, 2.05) is 36.4 Å². The Labute approximate surface area is 127 Å². The van der Waals surface area contributed by atoms with Gasteiger partial charge in [0.25, 0.3) is 0 Å². The molecule has 2 aromatic carbocycles. The number of carbonyl (C=O) groups is 1. The molecule has 104 valence electrons. The molecule has 0 amide bonds. The van der Waals surface area contributed by atoms with Gasteiger partial charge in [0.1, 0.15) is 5.75 Å². The lowest BCUT2D eigenvalue weighted by atomic mass is 10.1. The molecule has 0 aliphatic rings. The topological polar surface area (TPSA) is 26.3 Å². The molecule has 2 aromatic rings. The molecule has 0 aliphatic heterocycles. The van der Waals surface area contributed by atoms with Gasteiger partial charge in [-0.2, -0.15) is 0 Å². The average Bonchev–Trinajstić information content (AvgIpc) is 2.48. The molecule has 0 fully saturated rings. The number of esters is 1. The molecule has 0 N–H and O–H groups in total. The van der Waals surface area contributed by atoms with Gasteiger partial charge in [-0.05, 0) is 45.6 Å². The summed E-state index contributed by atoms with van der Waals surface area (Å²) in [5.74, 6) is 0.394. The van der Waals surface area contributed by atoms with Crippen molar-refractivity contribution in [3.63, 3.8) is 0 Å². The fourth-order valence-electron chi connectivity index (χ4n) is 1.89. The monoisotopic (exact) mass is 332 g/mol. The van der Waals surface area contributed by atoms with E-state index >= 15 is 0 Å². The number of ether oxygens (including phenoxy) is 1. The summed E-state index contributed by atoms with van der Waals surface area (Å²) in [5, 5.41) is 0. The molecule has 0 bridgehead atoms. The number of carbonyl (C=O) groups excluding carboxylic acids is 1. The van der Waals surface area contributed by atoms with Crippen LogP contribution < -0.4 is 4.74 Å². The van der Waals surface area contributed by atoms with Crippen molar-refractivity contribution < 1.29 is 9.53 Å². The predicted octanol–water partition coefficient (Wildman–Crippen LogP) is 5.21. The fourth-order valence-corrected chi connectivity index (χ4v) is 2.35. The van der Waals surface area contributed by atoms with Crippen LogP contribution in [0.15, 0.2) is 53.0 Å². The van der Waals surface area contributed by atoms with Crippen molar-refractivity contribution in [3.05, 3.63) is 53.0 Å². The van der Waals surface area contributed by atoms with Crippen LogP contribution in [0.5, 0.6) is 5.75 Å². The Morgan fingerprint density at radius 1 is 1.10 bits per heavy atom. The lowest BCUT2D eigenvalue weighted by molar-refractivity contribution is -0.134. The molecular weight excluding hydrogens is 316 g/mol. The quantitative estimate of drug-likeness (QED) is 0.554. The van der Waals surface area contributed by atoms with Crippen molar-refractivity contribution in [2.75, 3.05) is 0 Å². The van der Waals surface area contributed by atoms with Gasteiger partial charge in [-0.1, -0.05) is 49.7 Å². The number of rotatable bonds is 5. The van der Waals surface area contributed by atoms with Gasteiger partial charge in [-0.15, -0.1) is 0 Å². The van der Waals surface area contributed by atoms with Crippen LogP contribution in [-0.2, 0) is 4.79 Å². The third-order valence-electron chi connectivity index (χ3n) is 3.00. The van der Waals surface area contributed by atoms with Crippen LogP contribution in [0.1, 0.15) is 26.2 Å². The van der Waals surface area contributed by atoms with Gasteiger partial charge in [-0.3, -0.25) is 4.79 Å². The Morgan fingerprint density at radius 2 is 1.85 bits per heavy atom. The van der Waals surface area contributed by atoms with Crippen molar-refractivity contribution in [1.82, 2.24) is 0 Å². The molecule has 20 heavy (non-hydrogen) atoms. The third-order valence-corrected chi connectivity index (χ3v) is 3.62. The van der Waals surface area contributed by atoms with E-state index in [2.05, 4.69) is 35.0 Å². The van der Waals surface area contributed by atoms with Crippen LogP contribution in [0.2, 0.25) is 0 Å². The van der Waals surface area contributed by atoms with E-state index in [1.165, 1.54) is 0 Å². The molecule has 0 spiro atoms. The second kappa shape index (κ2) is 7.25. The van der Waals surface area contributed by atoms with E-state index < -0.39 is 0 Å². The van der Waals surface area contributed by atoms with Crippen LogP contribution in [0.4, 0.5) is 0 Å². The summed E-state index contributed by atoms with van der Waals surface area (Å²) in [7, 11) is 0. The first-order valence-corrected chi connectivity index (χ1v) is 7.55. The lowest BCUT2D eigenvalue weighted by Crippen LogP contribution is -2.07. The third kappa shape index (κ3) is 3.94. The van der Waals surface area contributed by atoms with Gasteiger partial charge < -0.3 is 4.74 Å². The number of hydrogen-bond acceptors (Lipinski definition) is 2. The highest BCUT2D eigenvalue weighted by molar-refractivity contribution is 9.10. The molecule has 2 rings (SSSR count). The molecule has 0 radical (unpaired) electrons. The number of hydrogen-bond donors (Lipinski definition) is 0. The molecular formula is C17H17BrO2. The predicted molar refractivity (Wildman–Crippen MR) is 84.7 cm³/mol. The largest absolute Gasteiger partial charge is 0.425 e. The summed E-state index contributed by atoms with van der Waals surface area (Å²) in [6, 6.07) is 15.9. The number of benzene rings is 2. The van der Waals surface area contributed by atoms with Crippen molar-refractivity contribution in [3.8, 4) is 16.9 Å². The summed E-state index contributed by atoms with van der Waals surface area (Å²) < 4.78 is 6.15. The molecule has 0 unspecified atom stereocenters. The zero-order valence-corrected chi connectivity index (χ0v) is 13.0. The molecule has 0 atom stereocenters. The Balaban J connectivity index is 2.12. The van der Waals surface area contributed by atoms with E-state index in [9.17, 15) is 4.79 Å². The molecule has 0 aliphatic carbocycles. The van der Waals surface area contributed by atoms with Crippen molar-refractivity contribution in [2.24, 2.45) is 0 Å². The SMILES string of the molecule is CCCCC(=O)Oc1ccc(-c2ccccc2)cc1Br. The molecule has 0 aromatic heterocycles. The first-order valence-electron chi connectivity index (χ1n) is 6.76. The van der Waals surface area contributed by atoms with Crippen LogP contribution >= 0.6 is 15.9 Å². The fraction of sp³-hybridized carbons (Fsp3) is 0.235. The Morgan fingerprint density at radius 3 is 2.50 bits per heavy atom. The summed E-state index contributed by atoms with van der Waals surface area (Å²) in [5.41, 5.74) is 2.22. The maximum absolute atomic E-state index is 11.6. The van der Waals surface area contributed by atoms with Crippen LogP contribution in [0.25, 0.3) is 11.1 Å². The zero-order valence-electron chi connectivity index (χ0n) is 11.4. The van der Waals surface area contributed by atoms with Crippen molar-refractivity contribution >= 4 is 21.9 Å². The van der Waals surface area contributed by atoms with E-state index in [0.29, 0.717) is 12.2 Å². The Bertz CT molecular complexity index is 579. The summed E-state index contributed by atoms with van der Waals surface area (Å²) >= 11 is 3.46. The minimum Gasteiger partial charge on any atom is -0.425 e. The second-order valence-electron chi connectivity index (χ2n) is 4.59. The van der Waals surface area contributed by atoms with Crippen molar-refractivity contribution in [2.45, 2.75) is 26.2 Å². The minimum absolute atomic E-state index is 0.181. The van der Waals surface area contributed by atoms with Crippen LogP contribution in [-0.4, -0.2) is 5.97 Å². The minimum atomic E-state index is -0.181. The second-order valence-corrected chi connectivity index (χ2v) is 5.44. The summed E-state index contributed by atoms with van der Waals surface area (Å²) in [4.78, 5) is 11.6. The van der Waals surface area contributed by atoms with E-state index in [0.717, 1.165) is 28.4 Å². The van der Waals surface area contributed by atoms with Gasteiger partial charge in [0.15, 0.2) is 0 Å². The zero-order chi connectivity index (χ0) is 14.4. The highest BCUT2D eigenvalue weighted by atomic mass is 79.9. The maximum atomic E-state index is 11.6. The van der Waals surface area contributed by atoms with Gasteiger partial charge in [0, 0.05) is 6.42 Å². The summed E-state index contributed by atoms with van der Waals surface area (Å²) in [6.45, 7) is 2.05. The van der Waals surface area contributed by atoms with E-state index in [4.69, 9.17) is 4.74 Å². The van der Waals surface area contributed by atoms with Gasteiger partial charge in [0.05, 0.1) is 4.47 Å². The highest BCUT2D eigenvalue weighted by Crippen LogP contribution is 2.31. The smallest absolute Gasteiger partial charge is 0.311 e. The Kier molecular flexibility index (Phi) is 5.36. The van der Waals surface area contributed by atoms with Gasteiger partial charge >= 0.3 is 5.97 Å². The number of halogens is 1. The van der Waals surface area contributed by atoms with Gasteiger partial charge in [0.2, 0.25) is 0 Å². The Hall–Kier alpha value is -1.61.